The maximum absolute atomic E-state index is 11.2. The second kappa shape index (κ2) is 8.87. The lowest BCUT2D eigenvalue weighted by Crippen LogP contribution is -2.42. The molecule has 1 aliphatic carbocycles. The topological polar surface area (TPSA) is 57.4 Å². The third kappa shape index (κ3) is 3.14. The summed E-state index contributed by atoms with van der Waals surface area (Å²) in [4.78, 5) is 0. The van der Waals surface area contributed by atoms with Crippen molar-refractivity contribution < 1.29 is 0 Å². The Morgan fingerprint density at radius 1 is 0.444 bits per heavy atom. The van der Waals surface area contributed by atoms with Crippen molar-refractivity contribution in [3.8, 4) is 23.5 Å². The molecule has 45 heavy (non-hydrogen) atoms. The van der Waals surface area contributed by atoms with Crippen molar-refractivity contribution in [1.82, 2.24) is 9.13 Å². The van der Waals surface area contributed by atoms with Gasteiger partial charge in [0.25, 0.3) is 0 Å². The van der Waals surface area contributed by atoms with Crippen molar-refractivity contribution in [2.24, 2.45) is 5.41 Å². The van der Waals surface area contributed by atoms with Gasteiger partial charge in [-0.1, -0.05) is 114 Å². The van der Waals surface area contributed by atoms with E-state index in [0.717, 1.165) is 66.1 Å². The summed E-state index contributed by atoms with van der Waals surface area (Å²) in [6, 6.07) is 38.8. The standard InChI is InChI=1S/C41H34N4/c1-39(2)35-36(40(3,4)41(39,5)6)38(45-33-21-13-9-17-27(33)28-18-10-14-22-34(28)45)30(24-43)29(23-42)37(35)44-31-19-11-7-15-25(31)26-16-8-12-20-32(26)44/h7-22H,1-6H3. The van der Waals surface area contributed by atoms with Gasteiger partial charge in [0.1, 0.15) is 12.1 Å². The van der Waals surface area contributed by atoms with Crippen LogP contribution >= 0.6 is 0 Å². The molecule has 0 atom stereocenters. The number of hydrogen-bond acceptors (Lipinski definition) is 2. The average Bonchev–Trinajstić information content (AvgIpc) is 3.59. The molecule has 0 unspecified atom stereocenters. The predicted octanol–water partition coefficient (Wildman–Crippen LogP) is 10.2. The molecule has 8 rings (SSSR count). The summed E-state index contributed by atoms with van der Waals surface area (Å²) in [6.07, 6.45) is 0. The Bertz CT molecular complexity index is 2200. The molecule has 0 bridgehead atoms. The minimum atomic E-state index is -0.360. The molecular formula is C41H34N4. The zero-order valence-corrected chi connectivity index (χ0v) is 26.5. The summed E-state index contributed by atoms with van der Waals surface area (Å²) in [6.45, 7) is 14.0. The van der Waals surface area contributed by atoms with E-state index in [-0.39, 0.29) is 16.2 Å². The van der Waals surface area contributed by atoms with E-state index in [4.69, 9.17) is 0 Å². The first-order chi connectivity index (χ1) is 21.6. The van der Waals surface area contributed by atoms with E-state index in [1.54, 1.807) is 0 Å². The van der Waals surface area contributed by atoms with Crippen LogP contribution in [0.2, 0.25) is 0 Å². The Morgan fingerprint density at radius 2 is 0.711 bits per heavy atom. The molecule has 0 spiro atoms. The van der Waals surface area contributed by atoms with E-state index in [1.807, 2.05) is 0 Å². The smallest absolute Gasteiger partial charge is 0.103 e. The molecule has 0 fully saturated rings. The minimum Gasteiger partial charge on any atom is -0.308 e. The van der Waals surface area contributed by atoms with Crippen LogP contribution in [0, 0.1) is 28.1 Å². The highest BCUT2D eigenvalue weighted by atomic mass is 15.0. The highest BCUT2D eigenvalue weighted by molar-refractivity contribution is 6.11. The van der Waals surface area contributed by atoms with Crippen LogP contribution in [0.1, 0.15) is 63.8 Å². The predicted molar refractivity (Wildman–Crippen MR) is 184 cm³/mol. The minimum absolute atomic E-state index is 0.232. The van der Waals surface area contributed by atoms with Crippen molar-refractivity contribution in [1.29, 1.82) is 10.5 Å². The lowest BCUT2D eigenvalue weighted by molar-refractivity contribution is 0.125. The molecule has 0 saturated carbocycles. The Balaban J connectivity index is 1.69. The molecule has 2 aromatic heterocycles. The van der Waals surface area contributed by atoms with Crippen LogP contribution in [-0.4, -0.2) is 9.13 Å². The van der Waals surface area contributed by atoms with E-state index in [2.05, 4.69) is 160 Å². The zero-order chi connectivity index (χ0) is 31.5. The van der Waals surface area contributed by atoms with Crippen molar-refractivity contribution >= 4 is 43.6 Å². The lowest BCUT2D eigenvalue weighted by atomic mass is 9.59. The zero-order valence-electron chi connectivity index (χ0n) is 26.5. The fourth-order valence-electron chi connectivity index (χ4n) is 8.34. The van der Waals surface area contributed by atoms with Gasteiger partial charge in [0.15, 0.2) is 0 Å². The fraction of sp³-hybridized carbons (Fsp3) is 0.220. The van der Waals surface area contributed by atoms with Crippen LogP contribution in [-0.2, 0) is 10.8 Å². The van der Waals surface area contributed by atoms with Crippen LogP contribution in [0.3, 0.4) is 0 Å². The second-order valence-electron chi connectivity index (χ2n) is 14.0. The molecule has 5 aromatic carbocycles. The van der Waals surface area contributed by atoms with E-state index < -0.39 is 0 Å². The summed E-state index contributed by atoms with van der Waals surface area (Å²) in [5.74, 6) is 0. The average molecular weight is 583 g/mol. The maximum Gasteiger partial charge on any atom is 0.103 e. The molecule has 0 N–H and O–H groups in total. The quantitative estimate of drug-likeness (QED) is 0.204. The SMILES string of the molecule is CC1(C)c2c(-n3c4ccccc4c4ccccc43)c(C#N)c(C#N)c(-n3c4ccccc4c4ccccc43)c2C(C)(C)C1(C)C. The van der Waals surface area contributed by atoms with Crippen molar-refractivity contribution in [3.05, 3.63) is 119 Å². The number of fused-ring (bicyclic) bond motifs is 7. The molecule has 0 saturated heterocycles. The molecule has 0 aliphatic heterocycles. The number of nitriles is 2. The lowest BCUT2D eigenvalue weighted by Gasteiger charge is -2.45. The highest BCUT2D eigenvalue weighted by Gasteiger charge is 2.60. The van der Waals surface area contributed by atoms with Gasteiger partial charge in [0, 0.05) is 21.5 Å². The van der Waals surface area contributed by atoms with Gasteiger partial charge in [-0.15, -0.1) is 0 Å². The Morgan fingerprint density at radius 3 is 0.978 bits per heavy atom. The number of rotatable bonds is 2. The van der Waals surface area contributed by atoms with Crippen LogP contribution in [0.25, 0.3) is 55.0 Å². The maximum atomic E-state index is 11.2. The molecule has 2 heterocycles. The Hall–Kier alpha value is -5.32. The summed E-state index contributed by atoms with van der Waals surface area (Å²) in [7, 11) is 0. The molecule has 7 aromatic rings. The van der Waals surface area contributed by atoms with Crippen LogP contribution < -0.4 is 0 Å². The normalized spacial score (nSPS) is 16.3. The molecule has 0 radical (unpaired) electrons. The first-order valence-corrected chi connectivity index (χ1v) is 15.6. The highest BCUT2D eigenvalue weighted by Crippen LogP contribution is 2.65. The first kappa shape index (κ1) is 27.2. The van der Waals surface area contributed by atoms with Crippen LogP contribution in [0.15, 0.2) is 97.1 Å². The van der Waals surface area contributed by atoms with E-state index in [9.17, 15) is 10.5 Å². The van der Waals surface area contributed by atoms with Crippen molar-refractivity contribution in [3.63, 3.8) is 0 Å². The molecule has 4 nitrogen and oxygen atoms in total. The fourth-order valence-corrected chi connectivity index (χ4v) is 8.34. The van der Waals surface area contributed by atoms with Gasteiger partial charge in [-0.05, 0) is 51.6 Å². The Kier molecular flexibility index (Phi) is 5.37. The summed E-state index contributed by atoms with van der Waals surface area (Å²) < 4.78 is 4.52. The number of benzene rings is 5. The third-order valence-corrected chi connectivity index (χ3v) is 11.7. The van der Waals surface area contributed by atoms with Crippen LogP contribution in [0.5, 0.6) is 0 Å². The van der Waals surface area contributed by atoms with Gasteiger partial charge >= 0.3 is 0 Å². The van der Waals surface area contributed by atoms with E-state index >= 15 is 0 Å². The number of para-hydroxylation sites is 4. The van der Waals surface area contributed by atoms with Crippen LogP contribution in [0.4, 0.5) is 0 Å². The second-order valence-corrected chi connectivity index (χ2v) is 14.0. The number of nitrogens with zero attached hydrogens (tertiary/aromatic N) is 4. The van der Waals surface area contributed by atoms with Gasteiger partial charge < -0.3 is 9.13 Å². The monoisotopic (exact) mass is 582 g/mol. The van der Waals surface area contributed by atoms with E-state index in [1.165, 1.54) is 0 Å². The number of hydrogen-bond donors (Lipinski definition) is 0. The van der Waals surface area contributed by atoms with Gasteiger partial charge in [-0.25, -0.2) is 0 Å². The first-order valence-electron chi connectivity index (χ1n) is 15.6. The van der Waals surface area contributed by atoms with E-state index in [0.29, 0.717) is 11.1 Å². The summed E-state index contributed by atoms with van der Waals surface area (Å²) in [5.41, 5.74) is 7.94. The molecular weight excluding hydrogens is 548 g/mol. The summed E-state index contributed by atoms with van der Waals surface area (Å²) in [5, 5.41) is 26.8. The Labute approximate surface area is 263 Å². The van der Waals surface area contributed by atoms with Crippen molar-refractivity contribution in [2.75, 3.05) is 0 Å². The van der Waals surface area contributed by atoms with Gasteiger partial charge in [0.05, 0.1) is 44.6 Å². The van der Waals surface area contributed by atoms with Gasteiger partial charge in [-0.2, -0.15) is 10.5 Å². The number of aromatic nitrogens is 2. The molecule has 1 aliphatic rings. The van der Waals surface area contributed by atoms with Crippen molar-refractivity contribution in [2.45, 2.75) is 52.4 Å². The van der Waals surface area contributed by atoms with Gasteiger partial charge in [-0.3, -0.25) is 0 Å². The molecule has 4 heteroatoms. The molecule has 218 valence electrons. The summed E-state index contributed by atoms with van der Waals surface area (Å²) >= 11 is 0. The molecule has 0 amide bonds. The van der Waals surface area contributed by atoms with Gasteiger partial charge in [0.2, 0.25) is 0 Å². The largest absolute Gasteiger partial charge is 0.308 e. The third-order valence-electron chi connectivity index (χ3n) is 11.7.